The zero-order chi connectivity index (χ0) is 28.0. The minimum absolute atomic E-state index is 0.00313. The Bertz CT molecular complexity index is 1410. The summed E-state index contributed by atoms with van der Waals surface area (Å²) < 4.78 is 50.5. The minimum Gasteiger partial charge on any atom is -0.490 e. The highest BCUT2D eigenvalue weighted by molar-refractivity contribution is 8.26. The molecule has 0 aliphatic carbocycles. The molecule has 2 amide bonds. The second kappa shape index (κ2) is 12.4. The molecule has 6 nitrogen and oxygen atoms in total. The summed E-state index contributed by atoms with van der Waals surface area (Å²) in [5.41, 5.74) is 0.766. The third kappa shape index (κ3) is 7.39. The third-order valence-corrected chi connectivity index (χ3v) is 6.83. The number of carbonyl (C=O) groups is 2. The van der Waals surface area contributed by atoms with Crippen molar-refractivity contribution in [3.63, 3.8) is 0 Å². The first-order valence-electron chi connectivity index (χ1n) is 11.8. The lowest BCUT2D eigenvalue weighted by atomic mass is 10.1. The van der Waals surface area contributed by atoms with Crippen molar-refractivity contribution in [2.75, 3.05) is 18.5 Å². The average molecular weight is 573 g/mol. The van der Waals surface area contributed by atoms with E-state index in [-0.39, 0.29) is 17.3 Å². The SMILES string of the molecule is CCOc1cc(/C=C2\SC(=S)N(Cc3ccccc3)C2=O)ccc1OCC(=O)Nc1cccc(C(F)(F)F)c1. The molecule has 3 aromatic rings. The van der Waals surface area contributed by atoms with E-state index < -0.39 is 24.3 Å². The Balaban J connectivity index is 1.43. The van der Waals surface area contributed by atoms with E-state index in [4.69, 9.17) is 21.7 Å². The zero-order valence-electron chi connectivity index (χ0n) is 20.7. The van der Waals surface area contributed by atoms with Crippen LogP contribution >= 0.6 is 24.0 Å². The molecule has 0 radical (unpaired) electrons. The van der Waals surface area contributed by atoms with Gasteiger partial charge < -0.3 is 14.8 Å². The first-order valence-corrected chi connectivity index (χ1v) is 13.0. The van der Waals surface area contributed by atoms with Crippen molar-refractivity contribution in [1.82, 2.24) is 4.90 Å². The normalized spacial score (nSPS) is 14.6. The lowest BCUT2D eigenvalue weighted by Crippen LogP contribution is -2.27. The Morgan fingerprint density at radius 1 is 1.03 bits per heavy atom. The maximum Gasteiger partial charge on any atom is 0.416 e. The summed E-state index contributed by atoms with van der Waals surface area (Å²) in [6, 6.07) is 18.9. The summed E-state index contributed by atoms with van der Waals surface area (Å²) in [6.45, 7) is 2.02. The number of nitrogens with zero attached hydrogens (tertiary/aromatic N) is 1. The van der Waals surface area contributed by atoms with E-state index >= 15 is 0 Å². The van der Waals surface area contributed by atoms with Crippen molar-refractivity contribution in [2.45, 2.75) is 19.6 Å². The van der Waals surface area contributed by atoms with Gasteiger partial charge in [0.15, 0.2) is 18.1 Å². The van der Waals surface area contributed by atoms with Crippen molar-refractivity contribution in [1.29, 1.82) is 0 Å². The first kappa shape index (κ1) is 28.2. The van der Waals surface area contributed by atoms with Crippen LogP contribution in [0.15, 0.2) is 77.7 Å². The van der Waals surface area contributed by atoms with Crippen molar-refractivity contribution in [2.24, 2.45) is 0 Å². The van der Waals surface area contributed by atoms with E-state index in [1.165, 1.54) is 23.9 Å². The lowest BCUT2D eigenvalue weighted by molar-refractivity contribution is -0.137. The van der Waals surface area contributed by atoms with Gasteiger partial charge in [-0.1, -0.05) is 66.4 Å². The third-order valence-electron chi connectivity index (χ3n) is 5.45. The molecule has 1 heterocycles. The average Bonchev–Trinajstić information content (AvgIpc) is 3.16. The van der Waals surface area contributed by atoms with E-state index in [1.807, 2.05) is 30.3 Å². The minimum atomic E-state index is -4.52. The number of thiocarbonyl (C=S) groups is 1. The summed E-state index contributed by atoms with van der Waals surface area (Å²) in [7, 11) is 0. The number of anilines is 1. The van der Waals surface area contributed by atoms with Gasteiger partial charge in [-0.3, -0.25) is 14.5 Å². The van der Waals surface area contributed by atoms with E-state index in [2.05, 4.69) is 5.32 Å². The van der Waals surface area contributed by atoms with Crippen LogP contribution in [0.5, 0.6) is 11.5 Å². The van der Waals surface area contributed by atoms with E-state index in [1.54, 1.807) is 36.1 Å². The van der Waals surface area contributed by atoms with E-state index in [9.17, 15) is 22.8 Å². The van der Waals surface area contributed by atoms with E-state index in [0.29, 0.717) is 33.7 Å². The molecule has 202 valence electrons. The molecule has 1 fully saturated rings. The van der Waals surface area contributed by atoms with Crippen LogP contribution in [0.1, 0.15) is 23.6 Å². The van der Waals surface area contributed by atoms with Crippen molar-refractivity contribution in [3.05, 3.63) is 94.4 Å². The van der Waals surface area contributed by atoms with Crippen LogP contribution in [0, 0.1) is 0 Å². The van der Waals surface area contributed by atoms with Gasteiger partial charge in [0.05, 0.1) is 23.6 Å². The molecular weight excluding hydrogens is 549 g/mol. The maximum absolute atomic E-state index is 13.0. The van der Waals surface area contributed by atoms with Crippen LogP contribution in [0.3, 0.4) is 0 Å². The molecule has 4 rings (SSSR count). The number of amides is 2. The number of halogens is 3. The molecule has 1 saturated heterocycles. The van der Waals surface area contributed by atoms with Crippen LogP contribution in [0.2, 0.25) is 0 Å². The largest absolute Gasteiger partial charge is 0.490 e. The molecule has 0 bridgehead atoms. The van der Waals surface area contributed by atoms with Gasteiger partial charge >= 0.3 is 6.18 Å². The summed E-state index contributed by atoms with van der Waals surface area (Å²) >= 11 is 6.63. The van der Waals surface area contributed by atoms with Crippen LogP contribution in [-0.4, -0.2) is 34.2 Å². The number of nitrogens with one attached hydrogen (secondary N) is 1. The van der Waals surface area contributed by atoms with Gasteiger partial charge in [-0.25, -0.2) is 0 Å². The molecule has 11 heteroatoms. The standard InChI is InChI=1S/C28H23F3N2O4S2/c1-2-36-23-13-19(14-24-26(35)33(27(38)39-24)16-18-7-4-3-5-8-18)11-12-22(23)37-17-25(34)32-21-10-6-9-20(15-21)28(29,30)31/h3-15H,2,16-17H2,1H3,(H,32,34)/b24-14-. The number of hydrogen-bond acceptors (Lipinski definition) is 6. The van der Waals surface area contributed by atoms with Gasteiger partial charge in [-0.05, 0) is 54.5 Å². The van der Waals surface area contributed by atoms with Crippen LogP contribution in [-0.2, 0) is 22.3 Å². The topological polar surface area (TPSA) is 67.9 Å². The molecule has 0 aromatic heterocycles. The van der Waals surface area contributed by atoms with Gasteiger partial charge in [0.1, 0.15) is 4.32 Å². The molecule has 0 unspecified atom stereocenters. The highest BCUT2D eigenvalue weighted by atomic mass is 32.2. The Kier molecular flexibility index (Phi) is 8.93. The second-order valence-electron chi connectivity index (χ2n) is 8.31. The molecule has 0 spiro atoms. The summed E-state index contributed by atoms with van der Waals surface area (Å²) in [6.07, 6.45) is -2.82. The summed E-state index contributed by atoms with van der Waals surface area (Å²) in [5, 5.41) is 2.39. The number of rotatable bonds is 9. The fraction of sp³-hybridized carbons (Fsp3) is 0.179. The Labute approximate surface area is 232 Å². The smallest absolute Gasteiger partial charge is 0.416 e. The number of thioether (sulfide) groups is 1. The Hall–Kier alpha value is -3.83. The van der Waals surface area contributed by atoms with Gasteiger partial charge in [0.2, 0.25) is 0 Å². The highest BCUT2D eigenvalue weighted by Gasteiger charge is 2.32. The molecule has 0 saturated carbocycles. The first-order chi connectivity index (χ1) is 18.6. The molecule has 39 heavy (non-hydrogen) atoms. The predicted molar refractivity (Wildman–Crippen MR) is 148 cm³/mol. The maximum atomic E-state index is 13.0. The van der Waals surface area contributed by atoms with Gasteiger partial charge in [-0.15, -0.1) is 0 Å². The molecular formula is C28H23F3N2O4S2. The van der Waals surface area contributed by atoms with Gasteiger partial charge in [0.25, 0.3) is 11.8 Å². The van der Waals surface area contributed by atoms with Crippen LogP contribution in [0.4, 0.5) is 18.9 Å². The van der Waals surface area contributed by atoms with Crippen molar-refractivity contribution < 1.29 is 32.2 Å². The summed E-state index contributed by atoms with van der Waals surface area (Å²) in [4.78, 5) is 27.3. The van der Waals surface area contributed by atoms with Gasteiger partial charge in [0, 0.05) is 5.69 Å². The molecule has 1 aliphatic heterocycles. The van der Waals surface area contributed by atoms with Gasteiger partial charge in [-0.2, -0.15) is 13.2 Å². The number of benzene rings is 3. The lowest BCUT2D eigenvalue weighted by Gasteiger charge is -2.14. The number of carbonyl (C=O) groups excluding carboxylic acids is 2. The molecule has 3 aromatic carbocycles. The van der Waals surface area contributed by atoms with Crippen molar-refractivity contribution >= 4 is 51.9 Å². The Morgan fingerprint density at radius 2 is 1.79 bits per heavy atom. The van der Waals surface area contributed by atoms with Crippen LogP contribution < -0.4 is 14.8 Å². The molecule has 1 aliphatic rings. The molecule has 1 N–H and O–H groups in total. The van der Waals surface area contributed by atoms with Crippen molar-refractivity contribution in [3.8, 4) is 11.5 Å². The fourth-order valence-corrected chi connectivity index (χ4v) is 4.92. The quantitative estimate of drug-likeness (QED) is 0.233. The Morgan fingerprint density at radius 3 is 2.51 bits per heavy atom. The molecule has 0 atom stereocenters. The number of hydrogen-bond donors (Lipinski definition) is 1. The zero-order valence-corrected chi connectivity index (χ0v) is 22.3. The highest BCUT2D eigenvalue weighted by Crippen LogP contribution is 2.36. The summed E-state index contributed by atoms with van der Waals surface area (Å²) in [5.74, 6) is -0.218. The monoisotopic (exact) mass is 572 g/mol. The van der Waals surface area contributed by atoms with E-state index in [0.717, 1.165) is 17.7 Å². The number of ether oxygens (including phenoxy) is 2. The van der Waals surface area contributed by atoms with Crippen LogP contribution in [0.25, 0.3) is 6.08 Å². The predicted octanol–water partition coefficient (Wildman–Crippen LogP) is 6.52. The second-order valence-corrected chi connectivity index (χ2v) is 9.98. The number of alkyl halides is 3. The fourth-order valence-electron chi connectivity index (χ4n) is 3.67.